The van der Waals surface area contributed by atoms with E-state index in [2.05, 4.69) is 4.99 Å². The second-order valence-electron chi connectivity index (χ2n) is 1.59. The predicted molar refractivity (Wildman–Crippen MR) is 42.0 cm³/mol. The van der Waals surface area contributed by atoms with Crippen molar-refractivity contribution in [2.45, 2.75) is 6.42 Å². The highest BCUT2D eigenvalue weighted by molar-refractivity contribution is 6.18. The highest BCUT2D eigenvalue weighted by Gasteiger charge is 1.83. The molecule has 0 radical (unpaired) electrons. The number of nitrogens with zero attached hydrogens (tertiary/aromatic N) is 1. The van der Waals surface area contributed by atoms with Crippen molar-refractivity contribution in [3.63, 3.8) is 0 Å². The molecule has 0 spiro atoms. The first kappa shape index (κ1) is 8.50. The van der Waals surface area contributed by atoms with Gasteiger partial charge in [-0.1, -0.05) is 0 Å². The van der Waals surface area contributed by atoms with Crippen molar-refractivity contribution in [3.05, 3.63) is 11.8 Å². The van der Waals surface area contributed by atoms with Crippen LogP contribution in [0.3, 0.4) is 0 Å². The topological polar surface area (TPSA) is 38.4 Å². The number of hydrogen-bond acceptors (Lipinski definition) is 2. The SMILES string of the molecule is CN=CC=C(N)CCCl. The Labute approximate surface area is 60.4 Å². The number of nitrogens with two attached hydrogens (primary N) is 1. The molecule has 0 aliphatic heterocycles. The molecule has 9 heavy (non-hydrogen) atoms. The van der Waals surface area contributed by atoms with Crippen LogP contribution in [-0.2, 0) is 0 Å². The van der Waals surface area contributed by atoms with Crippen molar-refractivity contribution in [3.8, 4) is 0 Å². The molecule has 2 nitrogen and oxygen atoms in total. The van der Waals surface area contributed by atoms with E-state index in [1.54, 1.807) is 19.3 Å². The Hall–Kier alpha value is -0.500. The molecule has 52 valence electrons. The van der Waals surface area contributed by atoms with Gasteiger partial charge in [-0.25, -0.2) is 0 Å². The predicted octanol–water partition coefficient (Wildman–Crippen LogP) is 1.16. The van der Waals surface area contributed by atoms with Crippen LogP contribution in [0.4, 0.5) is 0 Å². The van der Waals surface area contributed by atoms with E-state index >= 15 is 0 Å². The molecule has 0 fully saturated rings. The van der Waals surface area contributed by atoms with Gasteiger partial charge in [-0.15, -0.1) is 11.6 Å². The summed E-state index contributed by atoms with van der Waals surface area (Å²) in [6, 6.07) is 0. The highest BCUT2D eigenvalue weighted by atomic mass is 35.5. The minimum Gasteiger partial charge on any atom is -0.402 e. The molecule has 0 rings (SSSR count). The second-order valence-corrected chi connectivity index (χ2v) is 1.97. The van der Waals surface area contributed by atoms with Gasteiger partial charge in [0.25, 0.3) is 0 Å². The van der Waals surface area contributed by atoms with Gasteiger partial charge >= 0.3 is 0 Å². The summed E-state index contributed by atoms with van der Waals surface area (Å²) < 4.78 is 0. The first-order valence-electron chi connectivity index (χ1n) is 2.74. The van der Waals surface area contributed by atoms with E-state index in [1.807, 2.05) is 0 Å². The summed E-state index contributed by atoms with van der Waals surface area (Å²) in [7, 11) is 1.70. The average molecular weight is 147 g/mol. The maximum absolute atomic E-state index is 5.46. The standard InChI is InChI=1S/C6H11ClN2/c1-9-5-3-6(8)2-4-7/h3,5H,2,4,8H2,1H3. The van der Waals surface area contributed by atoms with Crippen LogP contribution in [0.2, 0.25) is 0 Å². The number of halogens is 1. The van der Waals surface area contributed by atoms with Gasteiger partial charge in [-0.2, -0.15) is 0 Å². The van der Waals surface area contributed by atoms with E-state index < -0.39 is 0 Å². The molecule has 0 amide bonds. The Morgan fingerprint density at radius 2 is 2.44 bits per heavy atom. The van der Waals surface area contributed by atoms with Gasteiger partial charge in [0.2, 0.25) is 0 Å². The number of alkyl halides is 1. The van der Waals surface area contributed by atoms with Gasteiger partial charge < -0.3 is 5.73 Å². The summed E-state index contributed by atoms with van der Waals surface area (Å²) in [5.74, 6) is 0.569. The fraction of sp³-hybridized carbons (Fsp3) is 0.500. The summed E-state index contributed by atoms with van der Waals surface area (Å²) in [4.78, 5) is 3.73. The molecule has 0 heterocycles. The third-order valence-corrected chi connectivity index (χ3v) is 1.01. The molecule has 0 unspecified atom stereocenters. The Bertz CT molecular complexity index is 118. The lowest BCUT2D eigenvalue weighted by atomic mass is 10.3. The van der Waals surface area contributed by atoms with E-state index in [-0.39, 0.29) is 0 Å². The first-order chi connectivity index (χ1) is 4.31. The highest BCUT2D eigenvalue weighted by Crippen LogP contribution is 1.92. The van der Waals surface area contributed by atoms with Crippen LogP contribution in [0, 0.1) is 0 Å². The Kier molecular flexibility index (Phi) is 5.32. The summed E-state index contributed by atoms with van der Waals surface area (Å²) in [5, 5.41) is 0. The average Bonchev–Trinajstić information content (AvgIpc) is 1.85. The number of hydrogen-bond donors (Lipinski definition) is 1. The lowest BCUT2D eigenvalue weighted by molar-refractivity contribution is 1.08. The lowest BCUT2D eigenvalue weighted by Crippen LogP contribution is -1.97. The summed E-state index contributed by atoms with van der Waals surface area (Å²) in [6.07, 6.45) is 4.14. The zero-order valence-electron chi connectivity index (χ0n) is 5.47. The van der Waals surface area contributed by atoms with Gasteiger partial charge in [-0.05, 0) is 6.08 Å². The third-order valence-electron chi connectivity index (χ3n) is 0.821. The van der Waals surface area contributed by atoms with Crippen molar-refractivity contribution >= 4 is 17.8 Å². The zero-order chi connectivity index (χ0) is 7.11. The van der Waals surface area contributed by atoms with Gasteiger partial charge in [0.15, 0.2) is 0 Å². The third kappa shape index (κ3) is 5.37. The lowest BCUT2D eigenvalue weighted by Gasteiger charge is -1.91. The molecule has 0 saturated carbocycles. The van der Waals surface area contributed by atoms with Crippen LogP contribution in [0.15, 0.2) is 16.8 Å². The van der Waals surface area contributed by atoms with Crippen LogP contribution in [0.5, 0.6) is 0 Å². The maximum Gasteiger partial charge on any atom is 0.0277 e. The molecule has 0 aliphatic carbocycles. The molecule has 0 aromatic rings. The largest absolute Gasteiger partial charge is 0.402 e. The molecule has 0 aromatic carbocycles. The minimum atomic E-state index is 0.569. The summed E-state index contributed by atoms with van der Waals surface area (Å²) in [6.45, 7) is 0. The van der Waals surface area contributed by atoms with Crippen LogP contribution >= 0.6 is 11.6 Å². The first-order valence-corrected chi connectivity index (χ1v) is 3.27. The molecular weight excluding hydrogens is 136 g/mol. The van der Waals surface area contributed by atoms with Crippen LogP contribution in [-0.4, -0.2) is 19.1 Å². The molecule has 0 saturated heterocycles. The zero-order valence-corrected chi connectivity index (χ0v) is 6.23. The maximum atomic E-state index is 5.46. The number of aliphatic imine (C=N–C) groups is 1. The minimum absolute atomic E-state index is 0.569. The molecule has 3 heteroatoms. The Morgan fingerprint density at radius 3 is 2.89 bits per heavy atom. The fourth-order valence-corrected chi connectivity index (χ4v) is 0.581. The Balaban J connectivity index is 3.55. The van der Waals surface area contributed by atoms with Gasteiger partial charge in [0, 0.05) is 31.3 Å². The Morgan fingerprint density at radius 1 is 1.78 bits per heavy atom. The van der Waals surface area contributed by atoms with Crippen molar-refractivity contribution in [2.24, 2.45) is 10.7 Å². The molecule has 0 bridgehead atoms. The quantitative estimate of drug-likeness (QED) is 0.471. The second kappa shape index (κ2) is 5.63. The van der Waals surface area contributed by atoms with Crippen molar-refractivity contribution in [2.75, 3.05) is 12.9 Å². The summed E-state index contributed by atoms with van der Waals surface area (Å²) in [5.41, 5.74) is 6.23. The molecule has 2 N–H and O–H groups in total. The molecule has 0 aromatic heterocycles. The van der Waals surface area contributed by atoms with E-state index in [0.717, 1.165) is 12.1 Å². The van der Waals surface area contributed by atoms with Crippen LogP contribution in [0.1, 0.15) is 6.42 Å². The van der Waals surface area contributed by atoms with Crippen LogP contribution < -0.4 is 5.73 Å². The van der Waals surface area contributed by atoms with Crippen molar-refractivity contribution in [1.29, 1.82) is 0 Å². The number of allylic oxidation sites excluding steroid dienone is 2. The van der Waals surface area contributed by atoms with Gasteiger partial charge in [-0.3, -0.25) is 4.99 Å². The van der Waals surface area contributed by atoms with Crippen molar-refractivity contribution in [1.82, 2.24) is 0 Å². The molecule has 0 aliphatic rings. The van der Waals surface area contributed by atoms with E-state index in [4.69, 9.17) is 17.3 Å². The van der Waals surface area contributed by atoms with E-state index in [0.29, 0.717) is 5.88 Å². The van der Waals surface area contributed by atoms with Gasteiger partial charge in [0.1, 0.15) is 0 Å². The van der Waals surface area contributed by atoms with E-state index in [9.17, 15) is 0 Å². The van der Waals surface area contributed by atoms with Crippen LogP contribution in [0.25, 0.3) is 0 Å². The normalized spacial score (nSPS) is 12.9. The molecule has 0 atom stereocenters. The van der Waals surface area contributed by atoms with E-state index in [1.165, 1.54) is 0 Å². The monoisotopic (exact) mass is 146 g/mol. The summed E-state index contributed by atoms with van der Waals surface area (Å²) >= 11 is 5.41. The molecular formula is C6H11ClN2. The smallest absolute Gasteiger partial charge is 0.0277 e. The van der Waals surface area contributed by atoms with Gasteiger partial charge in [0.05, 0.1) is 0 Å². The van der Waals surface area contributed by atoms with Crippen molar-refractivity contribution < 1.29 is 0 Å². The number of rotatable bonds is 3. The fourth-order valence-electron chi connectivity index (χ4n) is 0.363.